The van der Waals surface area contributed by atoms with Crippen molar-refractivity contribution in [3.8, 4) is 0 Å². The standard InChI is InChI=1S/C14H24N2O3S/c1-3-10-16(11-4-2)20(18,19)15-14-7-5-13(6-8-14)9-12-17/h5-8,15,17H,3-4,9-12H2,1-2H3. The fourth-order valence-electron chi connectivity index (χ4n) is 1.93. The highest BCUT2D eigenvalue weighted by Gasteiger charge is 2.19. The summed E-state index contributed by atoms with van der Waals surface area (Å²) in [6, 6.07) is 7.08. The van der Waals surface area contributed by atoms with Crippen LogP contribution >= 0.6 is 0 Å². The van der Waals surface area contributed by atoms with Gasteiger partial charge in [-0.05, 0) is 37.0 Å². The summed E-state index contributed by atoms with van der Waals surface area (Å²) >= 11 is 0. The first-order valence-electron chi connectivity index (χ1n) is 7.01. The average Bonchev–Trinajstić information content (AvgIpc) is 2.41. The first-order valence-corrected chi connectivity index (χ1v) is 8.45. The summed E-state index contributed by atoms with van der Waals surface area (Å²) in [6.45, 7) is 5.05. The van der Waals surface area contributed by atoms with E-state index in [2.05, 4.69) is 4.72 Å². The maximum Gasteiger partial charge on any atom is 0.301 e. The van der Waals surface area contributed by atoms with Crippen LogP contribution in [0.1, 0.15) is 32.3 Å². The highest BCUT2D eigenvalue weighted by Crippen LogP contribution is 2.14. The topological polar surface area (TPSA) is 69.6 Å². The van der Waals surface area contributed by atoms with Gasteiger partial charge in [0.15, 0.2) is 0 Å². The number of hydrogen-bond acceptors (Lipinski definition) is 3. The van der Waals surface area contributed by atoms with Crippen molar-refractivity contribution in [1.29, 1.82) is 0 Å². The summed E-state index contributed by atoms with van der Waals surface area (Å²) in [7, 11) is -3.49. The van der Waals surface area contributed by atoms with E-state index in [-0.39, 0.29) is 6.61 Å². The fourth-order valence-corrected chi connectivity index (χ4v) is 3.34. The van der Waals surface area contributed by atoms with Crippen molar-refractivity contribution in [1.82, 2.24) is 4.31 Å². The van der Waals surface area contributed by atoms with Crippen LogP contribution in [0.3, 0.4) is 0 Å². The predicted octanol–water partition coefficient (Wildman–Crippen LogP) is 2.00. The number of benzene rings is 1. The number of hydrogen-bond donors (Lipinski definition) is 2. The van der Waals surface area contributed by atoms with E-state index in [1.54, 1.807) is 12.1 Å². The number of nitrogens with one attached hydrogen (secondary N) is 1. The Morgan fingerprint density at radius 1 is 1.10 bits per heavy atom. The molecule has 0 bridgehead atoms. The van der Waals surface area contributed by atoms with Crippen LogP contribution in [-0.4, -0.2) is 37.5 Å². The molecule has 0 saturated heterocycles. The number of aliphatic hydroxyl groups is 1. The molecule has 0 heterocycles. The molecule has 2 N–H and O–H groups in total. The van der Waals surface area contributed by atoms with Crippen LogP contribution in [0.25, 0.3) is 0 Å². The van der Waals surface area contributed by atoms with Gasteiger partial charge in [-0.3, -0.25) is 4.72 Å². The molecule has 0 spiro atoms. The molecule has 0 aliphatic rings. The van der Waals surface area contributed by atoms with E-state index in [0.29, 0.717) is 25.2 Å². The van der Waals surface area contributed by atoms with Crippen molar-refractivity contribution in [2.75, 3.05) is 24.4 Å². The Labute approximate surface area is 121 Å². The quantitative estimate of drug-likeness (QED) is 0.733. The summed E-state index contributed by atoms with van der Waals surface area (Å²) in [5.41, 5.74) is 1.53. The molecule has 114 valence electrons. The third kappa shape index (κ3) is 5.11. The van der Waals surface area contributed by atoms with Crippen LogP contribution in [0.2, 0.25) is 0 Å². The molecule has 0 aliphatic heterocycles. The number of nitrogens with zero attached hydrogens (tertiary/aromatic N) is 1. The molecule has 1 aromatic carbocycles. The summed E-state index contributed by atoms with van der Waals surface area (Å²) < 4.78 is 28.6. The van der Waals surface area contributed by atoms with Gasteiger partial charge in [-0.1, -0.05) is 26.0 Å². The molecule has 0 saturated carbocycles. The normalized spacial score (nSPS) is 11.8. The minimum atomic E-state index is -3.49. The Morgan fingerprint density at radius 2 is 1.65 bits per heavy atom. The Hall–Kier alpha value is -1.11. The first kappa shape index (κ1) is 16.9. The molecule has 0 amide bonds. The lowest BCUT2D eigenvalue weighted by Gasteiger charge is -2.21. The van der Waals surface area contributed by atoms with Crippen molar-refractivity contribution in [3.63, 3.8) is 0 Å². The Kier molecular flexibility index (Phi) is 6.98. The highest BCUT2D eigenvalue weighted by atomic mass is 32.2. The molecule has 20 heavy (non-hydrogen) atoms. The van der Waals surface area contributed by atoms with Crippen LogP contribution in [-0.2, 0) is 16.6 Å². The van der Waals surface area contributed by atoms with Gasteiger partial charge in [0.1, 0.15) is 0 Å². The van der Waals surface area contributed by atoms with Gasteiger partial charge in [0.05, 0.1) is 0 Å². The molecule has 0 aromatic heterocycles. The van der Waals surface area contributed by atoms with Gasteiger partial charge in [0.25, 0.3) is 0 Å². The maximum atomic E-state index is 12.3. The van der Waals surface area contributed by atoms with Crippen LogP contribution in [0.15, 0.2) is 24.3 Å². The molecule has 0 aliphatic carbocycles. The van der Waals surface area contributed by atoms with E-state index in [9.17, 15) is 8.42 Å². The third-order valence-electron chi connectivity index (χ3n) is 2.89. The van der Waals surface area contributed by atoms with Crippen LogP contribution in [0.4, 0.5) is 5.69 Å². The molecule has 1 rings (SSSR count). The monoisotopic (exact) mass is 300 g/mol. The first-order chi connectivity index (χ1) is 9.53. The molecule has 6 heteroatoms. The van der Waals surface area contributed by atoms with Crippen molar-refractivity contribution in [2.45, 2.75) is 33.1 Å². The van der Waals surface area contributed by atoms with Crippen molar-refractivity contribution in [2.24, 2.45) is 0 Å². The van der Waals surface area contributed by atoms with Crippen LogP contribution in [0.5, 0.6) is 0 Å². The smallest absolute Gasteiger partial charge is 0.301 e. The molecular formula is C14H24N2O3S. The zero-order valence-corrected chi connectivity index (χ0v) is 13.0. The van der Waals surface area contributed by atoms with Gasteiger partial charge in [0.2, 0.25) is 0 Å². The van der Waals surface area contributed by atoms with Gasteiger partial charge in [-0.2, -0.15) is 12.7 Å². The van der Waals surface area contributed by atoms with Gasteiger partial charge in [0, 0.05) is 25.4 Å². The Balaban J connectivity index is 2.78. The minimum absolute atomic E-state index is 0.0891. The van der Waals surface area contributed by atoms with Gasteiger partial charge in [-0.15, -0.1) is 0 Å². The van der Waals surface area contributed by atoms with Crippen molar-refractivity contribution >= 4 is 15.9 Å². The van der Waals surface area contributed by atoms with E-state index in [0.717, 1.165) is 18.4 Å². The van der Waals surface area contributed by atoms with Crippen LogP contribution < -0.4 is 4.72 Å². The van der Waals surface area contributed by atoms with Crippen molar-refractivity contribution in [3.05, 3.63) is 29.8 Å². The lowest BCUT2D eigenvalue weighted by molar-refractivity contribution is 0.299. The summed E-state index contributed by atoms with van der Waals surface area (Å²) in [4.78, 5) is 0. The number of rotatable bonds is 9. The SMILES string of the molecule is CCCN(CCC)S(=O)(=O)Nc1ccc(CCO)cc1. The summed E-state index contributed by atoms with van der Waals surface area (Å²) in [5, 5.41) is 8.85. The minimum Gasteiger partial charge on any atom is -0.396 e. The molecule has 1 aromatic rings. The molecule has 5 nitrogen and oxygen atoms in total. The van der Waals surface area contributed by atoms with Crippen LogP contribution in [0, 0.1) is 0 Å². The second kappa shape index (κ2) is 8.24. The summed E-state index contributed by atoms with van der Waals surface area (Å²) in [5.74, 6) is 0. The lowest BCUT2D eigenvalue weighted by atomic mass is 10.1. The van der Waals surface area contributed by atoms with Gasteiger partial charge >= 0.3 is 10.2 Å². The average molecular weight is 300 g/mol. The Morgan fingerprint density at radius 3 is 2.10 bits per heavy atom. The predicted molar refractivity (Wildman–Crippen MR) is 81.9 cm³/mol. The largest absolute Gasteiger partial charge is 0.396 e. The zero-order valence-electron chi connectivity index (χ0n) is 12.2. The van der Waals surface area contributed by atoms with Crippen molar-refractivity contribution < 1.29 is 13.5 Å². The molecule has 0 unspecified atom stereocenters. The lowest BCUT2D eigenvalue weighted by Crippen LogP contribution is -2.37. The highest BCUT2D eigenvalue weighted by molar-refractivity contribution is 7.90. The van der Waals surface area contributed by atoms with E-state index >= 15 is 0 Å². The van der Waals surface area contributed by atoms with E-state index in [4.69, 9.17) is 5.11 Å². The van der Waals surface area contributed by atoms with E-state index < -0.39 is 10.2 Å². The Bertz CT molecular complexity index is 480. The van der Waals surface area contributed by atoms with Gasteiger partial charge < -0.3 is 5.11 Å². The van der Waals surface area contributed by atoms with E-state index in [1.807, 2.05) is 26.0 Å². The number of aliphatic hydroxyl groups excluding tert-OH is 1. The molecule has 0 atom stereocenters. The van der Waals surface area contributed by atoms with Gasteiger partial charge in [-0.25, -0.2) is 0 Å². The maximum absolute atomic E-state index is 12.3. The summed E-state index contributed by atoms with van der Waals surface area (Å²) in [6.07, 6.45) is 2.15. The number of anilines is 1. The second-order valence-corrected chi connectivity index (χ2v) is 6.35. The molecule has 0 radical (unpaired) electrons. The van der Waals surface area contributed by atoms with E-state index in [1.165, 1.54) is 4.31 Å². The third-order valence-corrected chi connectivity index (χ3v) is 4.43. The second-order valence-electron chi connectivity index (χ2n) is 4.68. The molecular weight excluding hydrogens is 276 g/mol. The fraction of sp³-hybridized carbons (Fsp3) is 0.571. The zero-order chi connectivity index (χ0) is 15.0. The molecule has 0 fully saturated rings.